The van der Waals surface area contributed by atoms with Gasteiger partial charge in [-0.15, -0.1) is 11.3 Å². The van der Waals surface area contributed by atoms with E-state index in [1.807, 2.05) is 11.3 Å². The van der Waals surface area contributed by atoms with E-state index in [-0.39, 0.29) is 6.04 Å². The Balaban J connectivity index is 1.55. The lowest BCUT2D eigenvalue weighted by Gasteiger charge is -2.23. The van der Waals surface area contributed by atoms with Gasteiger partial charge in [-0.05, 0) is 43.2 Å². The van der Waals surface area contributed by atoms with E-state index in [4.69, 9.17) is 5.73 Å². The number of hydrogen-bond acceptors (Lipinski definition) is 3. The van der Waals surface area contributed by atoms with Gasteiger partial charge in [-0.2, -0.15) is 0 Å². The fraction of sp³-hybridized carbons (Fsp3) is 0.444. The number of nitrogens with two attached hydrogens (primary N) is 1. The Kier molecular flexibility index (Phi) is 4.73. The highest BCUT2D eigenvalue weighted by atomic mass is 32.1. The van der Waals surface area contributed by atoms with Crippen LogP contribution in [-0.4, -0.2) is 17.5 Å². The topological polar surface area (TPSA) is 29.3 Å². The zero-order valence-corrected chi connectivity index (χ0v) is 13.5. The van der Waals surface area contributed by atoms with Gasteiger partial charge in [-0.1, -0.05) is 35.9 Å². The second-order valence-corrected chi connectivity index (χ2v) is 7.12. The van der Waals surface area contributed by atoms with Crippen LogP contribution in [0.5, 0.6) is 0 Å². The lowest BCUT2D eigenvalue weighted by atomic mass is 10.0. The smallest absolute Gasteiger partial charge is 0.0330 e. The minimum atomic E-state index is 0.148. The molecule has 2 N–H and O–H groups in total. The minimum Gasteiger partial charge on any atom is -0.324 e. The maximum Gasteiger partial charge on any atom is 0.0330 e. The minimum absolute atomic E-state index is 0.148. The largest absolute Gasteiger partial charge is 0.324 e. The van der Waals surface area contributed by atoms with Crippen molar-refractivity contribution in [3.63, 3.8) is 0 Å². The van der Waals surface area contributed by atoms with Crippen LogP contribution in [0, 0.1) is 6.92 Å². The van der Waals surface area contributed by atoms with E-state index in [1.54, 1.807) is 0 Å². The van der Waals surface area contributed by atoms with Gasteiger partial charge >= 0.3 is 0 Å². The van der Waals surface area contributed by atoms with Gasteiger partial charge in [0.25, 0.3) is 0 Å². The Hall–Kier alpha value is -1.16. The fourth-order valence-corrected chi connectivity index (χ4v) is 3.45. The van der Waals surface area contributed by atoms with Gasteiger partial charge in [-0.25, -0.2) is 0 Å². The highest BCUT2D eigenvalue weighted by Gasteiger charge is 2.29. The molecule has 21 heavy (non-hydrogen) atoms. The summed E-state index contributed by atoms with van der Waals surface area (Å²) in [4.78, 5) is 4.07. The third-order valence-corrected chi connectivity index (χ3v) is 5.10. The van der Waals surface area contributed by atoms with Crippen LogP contribution in [0.2, 0.25) is 0 Å². The number of benzene rings is 1. The van der Waals surface area contributed by atoms with Crippen molar-refractivity contribution in [3.8, 4) is 0 Å². The molecule has 0 saturated heterocycles. The van der Waals surface area contributed by atoms with E-state index in [0.717, 1.165) is 25.6 Å². The molecule has 1 fully saturated rings. The highest BCUT2D eigenvalue weighted by Crippen LogP contribution is 2.30. The van der Waals surface area contributed by atoms with Gasteiger partial charge in [0.05, 0.1) is 0 Å². The monoisotopic (exact) mass is 300 g/mol. The molecule has 0 bridgehead atoms. The summed E-state index contributed by atoms with van der Waals surface area (Å²) >= 11 is 1.86. The van der Waals surface area contributed by atoms with Gasteiger partial charge in [-0.3, -0.25) is 4.90 Å². The third-order valence-electron chi connectivity index (χ3n) is 4.24. The Morgan fingerprint density at radius 1 is 1.24 bits per heavy atom. The van der Waals surface area contributed by atoms with Crippen molar-refractivity contribution in [1.82, 2.24) is 4.90 Å². The summed E-state index contributed by atoms with van der Waals surface area (Å²) in [5.74, 6) is 0. The van der Waals surface area contributed by atoms with Gasteiger partial charge < -0.3 is 5.73 Å². The van der Waals surface area contributed by atoms with Crippen LogP contribution in [0.15, 0.2) is 41.8 Å². The Morgan fingerprint density at radius 2 is 2.00 bits per heavy atom. The van der Waals surface area contributed by atoms with Gasteiger partial charge in [0.2, 0.25) is 0 Å². The van der Waals surface area contributed by atoms with Gasteiger partial charge in [0.1, 0.15) is 0 Å². The first-order chi connectivity index (χ1) is 10.2. The SMILES string of the molecule is Cc1ccc(C(N)CCN(Cc2cccs2)C2CC2)cc1. The average Bonchev–Trinajstić information content (AvgIpc) is 3.21. The first-order valence-electron chi connectivity index (χ1n) is 7.81. The number of aryl methyl sites for hydroxylation is 1. The molecule has 3 heteroatoms. The molecule has 1 heterocycles. The molecule has 1 aromatic heterocycles. The van der Waals surface area contributed by atoms with Crippen LogP contribution in [0.4, 0.5) is 0 Å². The molecule has 1 saturated carbocycles. The van der Waals surface area contributed by atoms with Crippen molar-refractivity contribution in [3.05, 3.63) is 57.8 Å². The van der Waals surface area contributed by atoms with Crippen LogP contribution >= 0.6 is 11.3 Å². The number of thiophene rings is 1. The van der Waals surface area contributed by atoms with E-state index >= 15 is 0 Å². The predicted octanol–water partition coefficient (Wildman–Crippen LogP) is 4.11. The van der Waals surface area contributed by atoms with Gasteiger partial charge in [0.15, 0.2) is 0 Å². The molecule has 1 atom stereocenters. The maximum atomic E-state index is 6.36. The Labute approximate surface area is 131 Å². The second-order valence-electron chi connectivity index (χ2n) is 6.09. The van der Waals surface area contributed by atoms with Crippen molar-refractivity contribution >= 4 is 11.3 Å². The quantitative estimate of drug-likeness (QED) is 0.833. The number of hydrogen-bond donors (Lipinski definition) is 1. The summed E-state index contributed by atoms with van der Waals surface area (Å²) in [5.41, 5.74) is 8.91. The highest BCUT2D eigenvalue weighted by molar-refractivity contribution is 7.09. The summed E-state index contributed by atoms with van der Waals surface area (Å²) < 4.78 is 0. The van der Waals surface area contributed by atoms with Crippen LogP contribution in [0.3, 0.4) is 0 Å². The molecule has 1 unspecified atom stereocenters. The lowest BCUT2D eigenvalue weighted by Crippen LogP contribution is -2.28. The summed E-state index contributed by atoms with van der Waals surface area (Å²) in [6.07, 6.45) is 3.74. The molecule has 0 aliphatic heterocycles. The van der Waals surface area contributed by atoms with E-state index in [9.17, 15) is 0 Å². The number of nitrogens with zero attached hydrogens (tertiary/aromatic N) is 1. The molecule has 2 aromatic rings. The molecule has 1 aliphatic rings. The molecular formula is C18H24N2S. The van der Waals surface area contributed by atoms with E-state index in [1.165, 1.54) is 28.8 Å². The Bertz CT molecular complexity index is 543. The van der Waals surface area contributed by atoms with Crippen LogP contribution in [-0.2, 0) is 6.54 Å². The lowest BCUT2D eigenvalue weighted by molar-refractivity contribution is 0.247. The average molecular weight is 300 g/mol. The molecular weight excluding hydrogens is 276 g/mol. The zero-order chi connectivity index (χ0) is 14.7. The molecule has 1 aliphatic carbocycles. The maximum absolute atomic E-state index is 6.36. The zero-order valence-electron chi connectivity index (χ0n) is 12.7. The van der Waals surface area contributed by atoms with Crippen molar-refractivity contribution in [2.75, 3.05) is 6.54 Å². The number of rotatable bonds is 7. The van der Waals surface area contributed by atoms with Gasteiger partial charge in [0, 0.05) is 30.1 Å². The third kappa shape index (κ3) is 4.16. The van der Waals surface area contributed by atoms with Crippen LogP contribution < -0.4 is 5.73 Å². The van der Waals surface area contributed by atoms with Crippen molar-refractivity contribution < 1.29 is 0 Å². The summed E-state index contributed by atoms with van der Waals surface area (Å²) in [6.45, 7) is 4.30. The summed E-state index contributed by atoms with van der Waals surface area (Å²) in [6, 6.07) is 14.0. The van der Waals surface area contributed by atoms with Crippen molar-refractivity contribution in [2.24, 2.45) is 5.73 Å². The van der Waals surface area contributed by atoms with Crippen molar-refractivity contribution in [1.29, 1.82) is 0 Å². The molecule has 3 rings (SSSR count). The van der Waals surface area contributed by atoms with E-state index in [0.29, 0.717) is 0 Å². The van der Waals surface area contributed by atoms with Crippen LogP contribution in [0.25, 0.3) is 0 Å². The molecule has 112 valence electrons. The summed E-state index contributed by atoms with van der Waals surface area (Å²) in [5, 5.41) is 2.17. The molecule has 0 spiro atoms. The molecule has 0 radical (unpaired) electrons. The molecule has 0 amide bonds. The van der Waals surface area contributed by atoms with Crippen molar-refractivity contribution in [2.45, 2.75) is 44.8 Å². The van der Waals surface area contributed by atoms with E-state index in [2.05, 4.69) is 53.6 Å². The summed E-state index contributed by atoms with van der Waals surface area (Å²) in [7, 11) is 0. The fourth-order valence-electron chi connectivity index (χ4n) is 2.72. The second kappa shape index (κ2) is 6.73. The Morgan fingerprint density at radius 3 is 2.62 bits per heavy atom. The standard InChI is InChI=1S/C18H24N2S/c1-14-4-6-15(7-5-14)18(19)10-11-20(16-8-9-16)13-17-3-2-12-21-17/h2-7,12,16,18H,8-11,13,19H2,1H3. The molecule has 2 nitrogen and oxygen atoms in total. The molecule has 1 aromatic carbocycles. The first kappa shape index (κ1) is 14.8. The van der Waals surface area contributed by atoms with Crippen LogP contribution in [0.1, 0.15) is 41.3 Å². The predicted molar refractivity (Wildman–Crippen MR) is 90.5 cm³/mol. The van der Waals surface area contributed by atoms with E-state index < -0.39 is 0 Å². The first-order valence-corrected chi connectivity index (χ1v) is 8.69. The normalized spacial score (nSPS) is 16.3.